The monoisotopic (exact) mass is 400 g/mol. The first-order valence-electron chi connectivity index (χ1n) is 10.1. The third-order valence-electron chi connectivity index (χ3n) is 5.29. The van der Waals surface area contributed by atoms with E-state index in [4.69, 9.17) is 4.74 Å². The van der Waals surface area contributed by atoms with Crippen molar-refractivity contribution < 1.29 is 14.3 Å². The van der Waals surface area contributed by atoms with Crippen LogP contribution in [-0.2, 0) is 11.2 Å². The van der Waals surface area contributed by atoms with Crippen LogP contribution in [0.1, 0.15) is 34.5 Å². The highest BCUT2D eigenvalue weighted by Gasteiger charge is 2.26. The Morgan fingerprint density at radius 2 is 1.73 bits per heavy atom. The molecule has 0 radical (unpaired) electrons. The third-order valence-corrected chi connectivity index (χ3v) is 5.29. The van der Waals surface area contributed by atoms with Crippen molar-refractivity contribution in [2.45, 2.75) is 19.4 Å². The molecule has 0 aliphatic carbocycles. The summed E-state index contributed by atoms with van der Waals surface area (Å²) in [5.41, 5.74) is 3.27. The fourth-order valence-corrected chi connectivity index (χ4v) is 3.59. The van der Waals surface area contributed by atoms with Gasteiger partial charge in [-0.2, -0.15) is 0 Å². The van der Waals surface area contributed by atoms with Crippen molar-refractivity contribution in [2.24, 2.45) is 5.92 Å². The Hall–Kier alpha value is -3.60. The van der Waals surface area contributed by atoms with Gasteiger partial charge in [-0.3, -0.25) is 9.59 Å². The molecular weight excluding hydrogens is 376 g/mol. The van der Waals surface area contributed by atoms with Gasteiger partial charge in [-0.05, 0) is 54.8 Å². The molecule has 0 aromatic heterocycles. The molecule has 2 N–H and O–H groups in total. The van der Waals surface area contributed by atoms with Crippen LogP contribution in [0.25, 0.3) is 0 Å². The maximum atomic E-state index is 12.8. The van der Waals surface area contributed by atoms with Crippen LogP contribution in [0.4, 0.5) is 5.69 Å². The van der Waals surface area contributed by atoms with Gasteiger partial charge in [0.15, 0.2) is 0 Å². The molecule has 1 aliphatic heterocycles. The minimum atomic E-state index is -0.219. The lowest BCUT2D eigenvalue weighted by atomic mass is 9.95. The maximum Gasteiger partial charge on any atom is 0.255 e. The quantitative estimate of drug-likeness (QED) is 0.668. The molecule has 0 saturated carbocycles. The molecule has 2 amide bonds. The highest BCUT2D eigenvalue weighted by molar-refractivity contribution is 6.04. The van der Waals surface area contributed by atoms with Crippen molar-refractivity contribution in [1.29, 1.82) is 0 Å². The predicted octanol–water partition coefficient (Wildman–Crippen LogP) is 4.37. The van der Waals surface area contributed by atoms with Crippen LogP contribution in [0.3, 0.4) is 0 Å². The van der Waals surface area contributed by atoms with Crippen LogP contribution in [0.15, 0.2) is 78.9 Å². The summed E-state index contributed by atoms with van der Waals surface area (Å²) in [6, 6.07) is 24.2. The second kappa shape index (κ2) is 8.82. The molecular formula is C25H24N2O3. The highest BCUT2D eigenvalue weighted by atomic mass is 16.5. The molecule has 0 bridgehead atoms. The van der Waals surface area contributed by atoms with Crippen LogP contribution in [0, 0.1) is 5.92 Å². The number of carbonyl (C=O) groups is 2. The predicted molar refractivity (Wildman–Crippen MR) is 117 cm³/mol. The van der Waals surface area contributed by atoms with E-state index in [2.05, 4.69) is 10.6 Å². The fourth-order valence-electron chi connectivity index (χ4n) is 3.59. The lowest BCUT2D eigenvalue weighted by Gasteiger charge is -2.26. The first kappa shape index (κ1) is 19.7. The van der Waals surface area contributed by atoms with E-state index in [1.54, 1.807) is 12.1 Å². The topological polar surface area (TPSA) is 67.4 Å². The number of fused-ring (bicyclic) bond motifs is 1. The summed E-state index contributed by atoms with van der Waals surface area (Å²) in [5.74, 6) is 0.443. The minimum absolute atomic E-state index is 0.0317. The number of hydrogen-bond acceptors (Lipinski definition) is 3. The molecule has 2 atom stereocenters. The van der Waals surface area contributed by atoms with Crippen molar-refractivity contribution in [1.82, 2.24) is 5.32 Å². The highest BCUT2D eigenvalue weighted by Crippen LogP contribution is 2.27. The van der Waals surface area contributed by atoms with Crippen LogP contribution in [0.2, 0.25) is 0 Å². The SMILES string of the molecule is CC(NC(=O)C1COc2ccccc2C1)c1cccc(NC(=O)c2ccccc2)c1. The summed E-state index contributed by atoms with van der Waals surface area (Å²) in [6.07, 6.45) is 0.669. The van der Waals surface area contributed by atoms with E-state index in [0.717, 1.165) is 16.9 Å². The Balaban J connectivity index is 1.39. The summed E-state index contributed by atoms with van der Waals surface area (Å²) in [4.78, 5) is 25.2. The molecule has 2 unspecified atom stereocenters. The number of carbonyl (C=O) groups excluding carboxylic acids is 2. The Morgan fingerprint density at radius 3 is 2.57 bits per heavy atom. The average molecular weight is 400 g/mol. The van der Waals surface area contributed by atoms with Crippen molar-refractivity contribution in [3.63, 3.8) is 0 Å². The summed E-state index contributed by atoms with van der Waals surface area (Å²) in [7, 11) is 0. The minimum Gasteiger partial charge on any atom is -0.492 e. The number of rotatable bonds is 5. The normalized spacial score (nSPS) is 16.0. The lowest BCUT2D eigenvalue weighted by molar-refractivity contribution is -0.126. The van der Waals surface area contributed by atoms with E-state index < -0.39 is 0 Å². The zero-order valence-corrected chi connectivity index (χ0v) is 16.8. The van der Waals surface area contributed by atoms with Crippen LogP contribution < -0.4 is 15.4 Å². The second-order valence-electron chi connectivity index (χ2n) is 7.50. The summed E-state index contributed by atoms with van der Waals surface area (Å²) in [6.45, 7) is 2.32. The number of anilines is 1. The molecule has 5 heteroatoms. The van der Waals surface area contributed by atoms with E-state index >= 15 is 0 Å². The molecule has 3 aromatic carbocycles. The van der Waals surface area contributed by atoms with E-state index in [1.807, 2.05) is 73.7 Å². The maximum absolute atomic E-state index is 12.8. The van der Waals surface area contributed by atoms with Gasteiger partial charge < -0.3 is 15.4 Å². The smallest absolute Gasteiger partial charge is 0.255 e. The molecule has 1 aliphatic rings. The summed E-state index contributed by atoms with van der Waals surface area (Å²) >= 11 is 0. The van der Waals surface area contributed by atoms with Gasteiger partial charge in [0, 0.05) is 11.3 Å². The molecule has 0 fully saturated rings. The third kappa shape index (κ3) is 4.51. The van der Waals surface area contributed by atoms with Crippen LogP contribution in [-0.4, -0.2) is 18.4 Å². The van der Waals surface area contributed by atoms with Gasteiger partial charge >= 0.3 is 0 Å². The van der Waals surface area contributed by atoms with Gasteiger partial charge in [-0.1, -0.05) is 48.5 Å². The summed E-state index contributed by atoms with van der Waals surface area (Å²) in [5, 5.41) is 5.99. The standard InChI is InChI=1S/C25H24N2O3/c1-17(26-25(29)21-14-20-10-5-6-13-23(20)30-16-21)19-11-7-12-22(15-19)27-24(28)18-8-3-2-4-9-18/h2-13,15,17,21H,14,16H2,1H3,(H,26,29)(H,27,28). The Labute approximate surface area is 176 Å². The van der Waals surface area contributed by atoms with Crippen molar-refractivity contribution in [2.75, 3.05) is 11.9 Å². The molecule has 0 spiro atoms. The van der Waals surface area contributed by atoms with Crippen LogP contribution in [0.5, 0.6) is 5.75 Å². The number of amides is 2. The largest absolute Gasteiger partial charge is 0.492 e. The van der Waals surface area contributed by atoms with Gasteiger partial charge in [0.2, 0.25) is 5.91 Å². The second-order valence-corrected chi connectivity index (χ2v) is 7.50. The number of hydrogen-bond donors (Lipinski definition) is 2. The molecule has 30 heavy (non-hydrogen) atoms. The number of para-hydroxylation sites is 1. The van der Waals surface area contributed by atoms with E-state index in [9.17, 15) is 9.59 Å². The molecule has 0 saturated heterocycles. The van der Waals surface area contributed by atoms with E-state index in [-0.39, 0.29) is 23.8 Å². The number of ether oxygens (including phenoxy) is 1. The number of nitrogens with one attached hydrogen (secondary N) is 2. The average Bonchev–Trinajstić information content (AvgIpc) is 2.79. The van der Waals surface area contributed by atoms with E-state index in [0.29, 0.717) is 24.3 Å². The molecule has 1 heterocycles. The Bertz CT molecular complexity index is 1050. The fraction of sp³-hybridized carbons (Fsp3) is 0.200. The van der Waals surface area contributed by atoms with Gasteiger partial charge in [0.25, 0.3) is 5.91 Å². The molecule has 3 aromatic rings. The van der Waals surface area contributed by atoms with Crippen LogP contribution >= 0.6 is 0 Å². The first-order chi connectivity index (χ1) is 14.6. The van der Waals surface area contributed by atoms with Gasteiger partial charge in [-0.15, -0.1) is 0 Å². The molecule has 4 rings (SSSR count). The van der Waals surface area contributed by atoms with Crippen molar-refractivity contribution >= 4 is 17.5 Å². The molecule has 5 nitrogen and oxygen atoms in total. The van der Waals surface area contributed by atoms with Crippen molar-refractivity contribution in [3.05, 3.63) is 95.6 Å². The van der Waals surface area contributed by atoms with E-state index in [1.165, 1.54) is 0 Å². The molecule has 152 valence electrons. The first-order valence-corrected chi connectivity index (χ1v) is 10.1. The van der Waals surface area contributed by atoms with Crippen molar-refractivity contribution in [3.8, 4) is 5.75 Å². The van der Waals surface area contributed by atoms with Gasteiger partial charge in [0.05, 0.1) is 12.0 Å². The van der Waals surface area contributed by atoms with Gasteiger partial charge in [0.1, 0.15) is 12.4 Å². The zero-order chi connectivity index (χ0) is 20.9. The summed E-state index contributed by atoms with van der Waals surface area (Å²) < 4.78 is 5.74. The Morgan fingerprint density at radius 1 is 0.967 bits per heavy atom. The van der Waals surface area contributed by atoms with Gasteiger partial charge in [-0.25, -0.2) is 0 Å². The number of benzene rings is 3. The lowest BCUT2D eigenvalue weighted by Crippen LogP contribution is -2.38. The zero-order valence-electron chi connectivity index (χ0n) is 16.8. The Kier molecular flexibility index (Phi) is 5.80.